The number of amides is 1. The summed E-state index contributed by atoms with van der Waals surface area (Å²) in [7, 11) is 0. The number of carbonyl (C=O) groups excluding carboxylic acids is 1. The first-order chi connectivity index (χ1) is 9.74. The number of benzene rings is 1. The van der Waals surface area contributed by atoms with Crippen LogP contribution in [0.15, 0.2) is 24.3 Å². The molecule has 0 aliphatic carbocycles. The van der Waals surface area contributed by atoms with Crippen LogP contribution in [0.1, 0.15) is 5.56 Å². The second kappa shape index (κ2) is 5.81. The summed E-state index contributed by atoms with van der Waals surface area (Å²) in [5, 5.41) is 0. The van der Waals surface area contributed by atoms with Gasteiger partial charge in [-0.05, 0) is 18.1 Å². The van der Waals surface area contributed by atoms with Crippen molar-refractivity contribution in [2.45, 2.75) is 12.5 Å². The first kappa shape index (κ1) is 13.4. The monoisotopic (exact) mass is 275 g/mol. The fraction of sp³-hybridized carbons (Fsp3) is 0.533. The maximum Gasteiger partial charge on any atom is 0.242 e. The number of morpholine rings is 1. The number of ether oxygens (including phenoxy) is 1. The Morgan fingerprint density at radius 3 is 2.85 bits per heavy atom. The summed E-state index contributed by atoms with van der Waals surface area (Å²) in [6.07, 6.45) is 0.887. The normalized spacial score (nSPS) is 22.6. The van der Waals surface area contributed by atoms with Crippen LogP contribution in [0.5, 0.6) is 0 Å². The quantitative estimate of drug-likeness (QED) is 0.840. The molecule has 108 valence electrons. The fourth-order valence-corrected chi connectivity index (χ4v) is 2.95. The summed E-state index contributed by atoms with van der Waals surface area (Å²) < 4.78 is 5.29. The minimum Gasteiger partial charge on any atom is -0.378 e. The third-order valence-electron chi connectivity index (χ3n) is 3.96. The molecule has 3 rings (SSSR count). The molecule has 20 heavy (non-hydrogen) atoms. The van der Waals surface area contributed by atoms with Crippen LogP contribution in [0, 0.1) is 0 Å². The van der Waals surface area contributed by atoms with Crippen molar-refractivity contribution in [1.82, 2.24) is 4.90 Å². The number of rotatable bonds is 2. The molecule has 1 fully saturated rings. The zero-order valence-electron chi connectivity index (χ0n) is 11.6. The smallest absolute Gasteiger partial charge is 0.242 e. The topological polar surface area (TPSA) is 58.8 Å². The van der Waals surface area contributed by atoms with Crippen molar-refractivity contribution in [1.29, 1.82) is 0 Å². The van der Waals surface area contributed by atoms with E-state index in [1.165, 1.54) is 5.56 Å². The van der Waals surface area contributed by atoms with Gasteiger partial charge < -0.3 is 20.3 Å². The van der Waals surface area contributed by atoms with Crippen molar-refractivity contribution in [3.05, 3.63) is 29.8 Å². The van der Waals surface area contributed by atoms with Crippen LogP contribution < -0.4 is 10.6 Å². The summed E-state index contributed by atoms with van der Waals surface area (Å²) in [6, 6.07) is 8.32. The minimum atomic E-state index is 0.0994. The van der Waals surface area contributed by atoms with Crippen molar-refractivity contribution >= 4 is 11.6 Å². The minimum absolute atomic E-state index is 0.0994. The van der Waals surface area contributed by atoms with E-state index in [0.717, 1.165) is 18.7 Å². The second-order valence-corrected chi connectivity index (χ2v) is 5.47. The van der Waals surface area contributed by atoms with Crippen LogP contribution >= 0.6 is 0 Å². The molecule has 0 bridgehead atoms. The molecule has 1 aromatic rings. The van der Waals surface area contributed by atoms with Crippen LogP contribution in [0.25, 0.3) is 0 Å². The van der Waals surface area contributed by atoms with Crippen molar-refractivity contribution in [3.8, 4) is 0 Å². The van der Waals surface area contributed by atoms with Gasteiger partial charge in [0.2, 0.25) is 5.91 Å². The van der Waals surface area contributed by atoms with E-state index in [1.807, 2.05) is 17.0 Å². The molecule has 5 nitrogen and oxygen atoms in total. The van der Waals surface area contributed by atoms with Gasteiger partial charge in [-0.15, -0.1) is 0 Å². The maximum atomic E-state index is 12.4. The third-order valence-corrected chi connectivity index (χ3v) is 3.96. The third kappa shape index (κ3) is 2.78. The predicted molar refractivity (Wildman–Crippen MR) is 77.7 cm³/mol. The van der Waals surface area contributed by atoms with Crippen LogP contribution in [-0.2, 0) is 16.0 Å². The summed E-state index contributed by atoms with van der Waals surface area (Å²) in [6.45, 7) is 3.82. The number of hydrogen-bond donors (Lipinski definition) is 1. The van der Waals surface area contributed by atoms with Gasteiger partial charge in [0.25, 0.3) is 0 Å². The molecule has 2 aliphatic heterocycles. The molecule has 0 aromatic heterocycles. The Kier molecular flexibility index (Phi) is 3.89. The lowest BCUT2D eigenvalue weighted by molar-refractivity contribution is -0.133. The molecule has 0 spiro atoms. The highest BCUT2D eigenvalue weighted by Gasteiger charge is 2.25. The van der Waals surface area contributed by atoms with Gasteiger partial charge in [-0.2, -0.15) is 0 Å². The largest absolute Gasteiger partial charge is 0.378 e. The van der Waals surface area contributed by atoms with Gasteiger partial charge in [0.05, 0.1) is 19.8 Å². The van der Waals surface area contributed by atoms with E-state index in [-0.39, 0.29) is 11.9 Å². The van der Waals surface area contributed by atoms with E-state index in [1.54, 1.807) is 0 Å². The lowest BCUT2D eigenvalue weighted by Gasteiger charge is -2.36. The first-order valence-electron chi connectivity index (χ1n) is 7.18. The summed E-state index contributed by atoms with van der Waals surface area (Å²) >= 11 is 0. The molecule has 0 saturated carbocycles. The van der Waals surface area contributed by atoms with E-state index < -0.39 is 0 Å². The maximum absolute atomic E-state index is 12.4. The van der Waals surface area contributed by atoms with Crippen molar-refractivity contribution in [3.63, 3.8) is 0 Å². The molecule has 1 amide bonds. The van der Waals surface area contributed by atoms with Crippen LogP contribution in [0.3, 0.4) is 0 Å². The van der Waals surface area contributed by atoms with Gasteiger partial charge in [-0.25, -0.2) is 0 Å². The van der Waals surface area contributed by atoms with Gasteiger partial charge >= 0.3 is 0 Å². The van der Waals surface area contributed by atoms with Crippen LogP contribution in [0.2, 0.25) is 0 Å². The van der Waals surface area contributed by atoms with Crippen LogP contribution in [-0.4, -0.2) is 56.2 Å². The number of nitrogens with two attached hydrogens (primary N) is 1. The Morgan fingerprint density at radius 2 is 2.05 bits per heavy atom. The Morgan fingerprint density at radius 1 is 1.30 bits per heavy atom. The fourth-order valence-electron chi connectivity index (χ4n) is 2.95. The van der Waals surface area contributed by atoms with E-state index in [2.05, 4.69) is 17.0 Å². The summed E-state index contributed by atoms with van der Waals surface area (Å²) in [5.74, 6) is 0.164. The Bertz CT molecular complexity index is 486. The number of fused-ring (bicyclic) bond motifs is 1. The number of anilines is 1. The second-order valence-electron chi connectivity index (χ2n) is 5.47. The Balaban J connectivity index is 1.72. The zero-order chi connectivity index (χ0) is 13.9. The molecule has 2 N–H and O–H groups in total. The highest BCUT2D eigenvalue weighted by molar-refractivity contribution is 5.82. The Hall–Kier alpha value is -1.59. The molecular formula is C15H21N3O2. The summed E-state index contributed by atoms with van der Waals surface area (Å²) in [4.78, 5) is 16.4. The van der Waals surface area contributed by atoms with E-state index >= 15 is 0 Å². The van der Waals surface area contributed by atoms with Crippen molar-refractivity contribution < 1.29 is 9.53 Å². The number of para-hydroxylation sites is 1. The molecule has 0 radical (unpaired) electrons. The standard InChI is InChI=1S/C15H21N3O2/c16-13-9-12-3-1-2-4-14(12)18(10-13)11-15(19)17-5-7-20-8-6-17/h1-4,13H,5-11,16H2. The molecular weight excluding hydrogens is 254 g/mol. The van der Waals surface area contributed by atoms with E-state index in [4.69, 9.17) is 10.5 Å². The van der Waals surface area contributed by atoms with E-state index in [0.29, 0.717) is 32.8 Å². The molecule has 2 aliphatic rings. The summed E-state index contributed by atoms with van der Waals surface area (Å²) in [5.41, 5.74) is 8.49. The first-order valence-corrected chi connectivity index (χ1v) is 7.18. The van der Waals surface area contributed by atoms with Gasteiger partial charge in [0.1, 0.15) is 0 Å². The van der Waals surface area contributed by atoms with Crippen molar-refractivity contribution in [2.24, 2.45) is 5.73 Å². The molecule has 1 atom stereocenters. The predicted octanol–water partition coefficient (Wildman–Crippen LogP) is 0.235. The number of nitrogens with zero attached hydrogens (tertiary/aromatic N) is 2. The van der Waals surface area contributed by atoms with Gasteiger partial charge in [0.15, 0.2) is 0 Å². The zero-order valence-corrected chi connectivity index (χ0v) is 11.6. The SMILES string of the molecule is NC1Cc2ccccc2N(CC(=O)N2CCOCC2)C1. The molecule has 2 heterocycles. The van der Waals surface area contributed by atoms with E-state index in [9.17, 15) is 4.79 Å². The number of carbonyl (C=O) groups is 1. The average Bonchev–Trinajstić information content (AvgIpc) is 2.48. The number of hydrogen-bond acceptors (Lipinski definition) is 4. The highest BCUT2D eigenvalue weighted by atomic mass is 16.5. The van der Waals surface area contributed by atoms with Crippen molar-refractivity contribution in [2.75, 3.05) is 44.3 Å². The molecule has 1 saturated heterocycles. The lowest BCUT2D eigenvalue weighted by atomic mass is 9.98. The lowest BCUT2D eigenvalue weighted by Crippen LogP contribution is -2.50. The highest BCUT2D eigenvalue weighted by Crippen LogP contribution is 2.26. The average molecular weight is 275 g/mol. The van der Waals surface area contributed by atoms with Gasteiger partial charge in [-0.3, -0.25) is 4.79 Å². The Labute approximate surface area is 119 Å². The molecule has 1 aromatic carbocycles. The molecule has 1 unspecified atom stereocenters. The van der Waals surface area contributed by atoms with Crippen LogP contribution in [0.4, 0.5) is 5.69 Å². The molecule has 5 heteroatoms. The van der Waals surface area contributed by atoms with Gasteiger partial charge in [0, 0.05) is 31.4 Å². The van der Waals surface area contributed by atoms with Gasteiger partial charge in [-0.1, -0.05) is 18.2 Å².